The van der Waals surface area contributed by atoms with Gasteiger partial charge in [-0.1, -0.05) is 0 Å². The summed E-state index contributed by atoms with van der Waals surface area (Å²) in [7, 11) is 7.19. The van der Waals surface area contributed by atoms with E-state index in [0.29, 0.717) is 6.42 Å². The molecule has 158 valence electrons. The van der Waals surface area contributed by atoms with Crippen molar-refractivity contribution in [2.75, 3.05) is 13.2 Å². The van der Waals surface area contributed by atoms with Crippen LogP contribution in [0.3, 0.4) is 0 Å². The third-order valence-electron chi connectivity index (χ3n) is 4.40. The van der Waals surface area contributed by atoms with E-state index in [1.54, 1.807) is 0 Å². The molecule has 2 aliphatic heterocycles. The fourth-order valence-electron chi connectivity index (χ4n) is 3.15. The molecule has 0 bridgehead atoms. The molecule has 0 aliphatic carbocycles. The second-order valence-corrected chi connectivity index (χ2v) is 9.20. The van der Waals surface area contributed by atoms with E-state index in [1.165, 1.54) is 0 Å². The van der Waals surface area contributed by atoms with Crippen LogP contribution in [0.2, 0.25) is 0 Å². The van der Waals surface area contributed by atoms with Gasteiger partial charge in [-0.2, -0.15) is 0 Å². The molecule has 2 rings (SSSR count). The molecule has 2 aliphatic rings. The molecule has 0 aromatic carbocycles. The van der Waals surface area contributed by atoms with E-state index in [9.17, 15) is 14.6 Å². The first-order chi connectivity index (χ1) is 13.0. The van der Waals surface area contributed by atoms with Gasteiger partial charge in [-0.05, 0) is 34.1 Å². The number of aliphatic hydroxyl groups excluding tert-OH is 1. The average Bonchev–Trinajstić information content (AvgIpc) is 3.04. The van der Waals surface area contributed by atoms with E-state index in [-0.39, 0.29) is 31.5 Å². The van der Waals surface area contributed by atoms with Gasteiger partial charge in [0.1, 0.15) is 34.0 Å². The second-order valence-electron chi connectivity index (χ2n) is 7.64. The van der Waals surface area contributed by atoms with E-state index >= 15 is 0 Å². The third-order valence-corrected chi connectivity index (χ3v) is 5.51. The molecule has 3 N–H and O–H groups in total. The van der Waals surface area contributed by atoms with Gasteiger partial charge in [0.25, 0.3) is 0 Å². The van der Waals surface area contributed by atoms with E-state index in [1.807, 2.05) is 27.7 Å². The van der Waals surface area contributed by atoms with Crippen molar-refractivity contribution in [3.05, 3.63) is 0 Å². The van der Waals surface area contributed by atoms with E-state index in [0.717, 1.165) is 0 Å². The molecular weight excluding hydrogens is 387 g/mol. The number of hydrogen-bond donors (Lipinski definition) is 3. The standard InChI is InChI=1S/C16H30B2NO8P/c1-8(2)23-7-12-15(14(20)16(18)26-12)27-28(21,22)19-6-11-10(24-9(3)4)5-13(17)25-11/h8-16,20H,5-7H2,1-4H3,(H2,19,21,22)/t10-,11-,12-,13-,14?,15+,16-/m1/s1. The molecule has 2 heterocycles. The molecule has 0 amide bonds. The molecule has 2 fully saturated rings. The maximum Gasteiger partial charge on any atom is 0.403 e. The first-order valence-corrected chi connectivity index (χ1v) is 11.1. The van der Waals surface area contributed by atoms with Crippen molar-refractivity contribution in [2.45, 2.75) is 88.9 Å². The van der Waals surface area contributed by atoms with E-state index < -0.39 is 44.2 Å². The summed E-state index contributed by atoms with van der Waals surface area (Å²) < 4.78 is 39.9. The first kappa shape index (κ1) is 24.3. The van der Waals surface area contributed by atoms with Crippen LogP contribution in [0.15, 0.2) is 0 Å². The monoisotopic (exact) mass is 417 g/mol. The van der Waals surface area contributed by atoms with Gasteiger partial charge in [-0.15, -0.1) is 0 Å². The van der Waals surface area contributed by atoms with Gasteiger partial charge in [0.2, 0.25) is 0 Å². The zero-order chi connectivity index (χ0) is 21.1. The zero-order valence-corrected chi connectivity index (χ0v) is 17.7. The Hall–Kier alpha value is 0.0399. The fraction of sp³-hybridized carbons (Fsp3) is 1.00. The summed E-state index contributed by atoms with van der Waals surface area (Å²) in [5, 5.41) is 12.6. The summed E-state index contributed by atoms with van der Waals surface area (Å²) in [6.45, 7) is 7.50. The Morgan fingerprint density at radius 1 is 1.18 bits per heavy atom. The van der Waals surface area contributed by atoms with E-state index in [4.69, 9.17) is 39.2 Å². The molecule has 0 aromatic heterocycles. The van der Waals surface area contributed by atoms with Gasteiger partial charge in [0.15, 0.2) is 0 Å². The van der Waals surface area contributed by atoms with Crippen LogP contribution in [-0.4, -0.2) is 93.6 Å². The van der Waals surface area contributed by atoms with E-state index in [2.05, 4.69) is 5.09 Å². The quantitative estimate of drug-likeness (QED) is 0.329. The van der Waals surface area contributed by atoms with Crippen molar-refractivity contribution >= 4 is 23.4 Å². The minimum atomic E-state index is -4.30. The Morgan fingerprint density at radius 3 is 2.46 bits per heavy atom. The summed E-state index contributed by atoms with van der Waals surface area (Å²) in [4.78, 5) is 10.2. The minimum Gasteiger partial charge on any atom is -0.388 e. The summed E-state index contributed by atoms with van der Waals surface area (Å²) in [6.07, 6.45) is -3.60. The summed E-state index contributed by atoms with van der Waals surface area (Å²) in [5.74, 6) is 0. The molecule has 0 saturated carbocycles. The Kier molecular flexibility index (Phi) is 9.01. The maximum atomic E-state index is 12.5. The Bertz CT molecular complexity index is 543. The first-order valence-electron chi connectivity index (χ1n) is 9.52. The molecular formula is C16H30B2NO8P. The van der Waals surface area contributed by atoms with Gasteiger partial charge in [0.05, 0.1) is 31.0 Å². The number of aliphatic hydroxyl groups is 1. The largest absolute Gasteiger partial charge is 0.403 e. The molecule has 2 unspecified atom stereocenters. The van der Waals surface area contributed by atoms with Crippen molar-refractivity contribution in [2.24, 2.45) is 0 Å². The number of nitrogens with one attached hydrogen (secondary N) is 1. The van der Waals surface area contributed by atoms with Gasteiger partial charge >= 0.3 is 7.75 Å². The smallest absolute Gasteiger partial charge is 0.388 e. The predicted octanol–water partition coefficient (Wildman–Crippen LogP) is -0.182. The zero-order valence-electron chi connectivity index (χ0n) is 16.8. The second kappa shape index (κ2) is 10.4. The van der Waals surface area contributed by atoms with Gasteiger partial charge < -0.3 is 28.9 Å². The topological polar surface area (TPSA) is 116 Å². The molecule has 28 heavy (non-hydrogen) atoms. The Morgan fingerprint density at radius 2 is 1.86 bits per heavy atom. The van der Waals surface area contributed by atoms with Crippen molar-refractivity contribution in [1.82, 2.24) is 5.09 Å². The highest BCUT2D eigenvalue weighted by Crippen LogP contribution is 2.42. The number of rotatable bonds is 10. The van der Waals surface area contributed by atoms with Crippen LogP contribution in [-0.2, 0) is 28.0 Å². The van der Waals surface area contributed by atoms with Gasteiger partial charge in [-0.25, -0.2) is 9.65 Å². The highest BCUT2D eigenvalue weighted by atomic mass is 31.2. The number of ether oxygens (including phenoxy) is 4. The maximum absolute atomic E-state index is 12.5. The van der Waals surface area contributed by atoms with Crippen LogP contribution in [0.4, 0.5) is 0 Å². The van der Waals surface area contributed by atoms with Crippen LogP contribution in [0, 0.1) is 0 Å². The molecule has 0 spiro atoms. The summed E-state index contributed by atoms with van der Waals surface area (Å²) in [6, 6.07) is -1.54. The molecule has 2 saturated heterocycles. The van der Waals surface area contributed by atoms with Crippen LogP contribution < -0.4 is 5.09 Å². The van der Waals surface area contributed by atoms with Crippen molar-refractivity contribution in [3.8, 4) is 0 Å². The lowest BCUT2D eigenvalue weighted by molar-refractivity contribution is -0.0466. The Balaban J connectivity index is 1.93. The van der Waals surface area contributed by atoms with Gasteiger partial charge in [0, 0.05) is 18.6 Å². The minimum absolute atomic E-state index is 0.0122. The predicted molar refractivity (Wildman–Crippen MR) is 103 cm³/mol. The highest BCUT2D eigenvalue weighted by Gasteiger charge is 2.46. The lowest BCUT2D eigenvalue weighted by Gasteiger charge is -2.26. The van der Waals surface area contributed by atoms with Crippen molar-refractivity contribution in [1.29, 1.82) is 0 Å². The average molecular weight is 417 g/mol. The van der Waals surface area contributed by atoms with Crippen molar-refractivity contribution in [3.63, 3.8) is 0 Å². The highest BCUT2D eigenvalue weighted by molar-refractivity contribution is 7.50. The lowest BCUT2D eigenvalue weighted by Crippen LogP contribution is -2.40. The fourth-order valence-corrected chi connectivity index (χ4v) is 4.22. The SMILES string of the molecule is [B][C@@H]1O[C@H](COC(C)C)[C@H](OP(=O)(O)NC[C@H]2O[C@@H]([B])C[C@H]2OC(C)C)C1O. The van der Waals surface area contributed by atoms with Crippen LogP contribution in [0.25, 0.3) is 0 Å². The normalized spacial score (nSPS) is 38.4. The Labute approximate surface area is 169 Å². The molecule has 4 radical (unpaired) electrons. The third kappa shape index (κ3) is 7.07. The van der Waals surface area contributed by atoms with Crippen LogP contribution in [0.1, 0.15) is 34.1 Å². The molecule has 9 nitrogen and oxygen atoms in total. The van der Waals surface area contributed by atoms with Crippen LogP contribution in [0.5, 0.6) is 0 Å². The van der Waals surface area contributed by atoms with Crippen molar-refractivity contribution < 1.29 is 38.0 Å². The molecule has 12 heteroatoms. The summed E-state index contributed by atoms with van der Waals surface area (Å²) >= 11 is 0. The molecule has 8 atom stereocenters. The molecule has 0 aromatic rings. The lowest BCUT2D eigenvalue weighted by atomic mass is 9.93. The number of hydrogen-bond acceptors (Lipinski definition) is 7. The van der Waals surface area contributed by atoms with Crippen LogP contribution >= 0.6 is 7.75 Å². The summed E-state index contributed by atoms with van der Waals surface area (Å²) in [5.41, 5.74) is 0. The van der Waals surface area contributed by atoms with Gasteiger partial charge in [-0.3, -0.25) is 4.52 Å².